The molecule has 1 heterocycles. The first-order valence-electron chi connectivity index (χ1n) is 2.51. The molecule has 41 valence electrons. The summed E-state index contributed by atoms with van der Waals surface area (Å²) in [6, 6.07) is 0. The molecule has 0 amide bonds. The fourth-order valence-electron chi connectivity index (χ4n) is 0.564. The number of hydrogen-bond acceptors (Lipinski definition) is 2. The van der Waals surface area contributed by atoms with Crippen LogP contribution in [0.4, 0.5) is 0 Å². The second kappa shape index (κ2) is 2.58. The minimum Gasteiger partial charge on any atom is -0.315 e. The molecule has 0 atom stereocenters. The average Bonchev–Trinajstić information content (AvgIpc) is 1.69. The summed E-state index contributed by atoms with van der Waals surface area (Å²) in [5.41, 5.74) is 0. The van der Waals surface area contributed by atoms with E-state index in [-0.39, 0.29) is 0 Å². The highest BCUT2D eigenvalue weighted by Crippen LogP contribution is 2.28. The van der Waals surface area contributed by atoms with Gasteiger partial charge >= 0.3 is 0 Å². The Bertz CT molecular complexity index is 50.0. The van der Waals surface area contributed by atoms with Crippen LogP contribution in [0.2, 0.25) is 0 Å². The highest BCUT2D eigenvalue weighted by molar-refractivity contribution is 7.97. The lowest BCUT2D eigenvalue weighted by Crippen LogP contribution is -1.99. The molecule has 0 spiro atoms. The summed E-state index contributed by atoms with van der Waals surface area (Å²) in [6.07, 6.45) is 2.45. The molecule has 1 rings (SSSR count). The van der Waals surface area contributed by atoms with Crippen LogP contribution < -0.4 is 0 Å². The van der Waals surface area contributed by atoms with Gasteiger partial charge in [-0.25, -0.2) is 0 Å². The Morgan fingerprint density at radius 2 is 2.57 bits per heavy atom. The van der Waals surface area contributed by atoms with Gasteiger partial charge in [-0.1, -0.05) is 0 Å². The Labute approximate surface area is 48.6 Å². The van der Waals surface area contributed by atoms with Crippen molar-refractivity contribution in [1.82, 2.24) is 0 Å². The van der Waals surface area contributed by atoms with Crippen molar-refractivity contribution in [2.24, 2.45) is 0 Å². The second-order valence-electron chi connectivity index (χ2n) is 1.71. The van der Waals surface area contributed by atoms with E-state index in [0.29, 0.717) is 0 Å². The summed E-state index contributed by atoms with van der Waals surface area (Å²) in [5.74, 6) is 0. The molecule has 0 aromatic rings. The third-order valence-electron chi connectivity index (χ3n) is 0.958. The minimum absolute atomic E-state index is 0.933. The van der Waals surface area contributed by atoms with Crippen molar-refractivity contribution in [2.75, 3.05) is 6.61 Å². The highest BCUT2D eigenvalue weighted by Gasteiger charge is 2.08. The molecule has 0 N–H and O–H groups in total. The smallest absolute Gasteiger partial charge is 0.0614 e. The second-order valence-corrected chi connectivity index (χ2v) is 2.81. The zero-order chi connectivity index (χ0) is 5.11. The van der Waals surface area contributed by atoms with Crippen molar-refractivity contribution >= 4 is 12.0 Å². The van der Waals surface area contributed by atoms with Gasteiger partial charge in [0.05, 0.1) is 11.9 Å². The van der Waals surface area contributed by atoms with Crippen LogP contribution in [0.5, 0.6) is 0 Å². The van der Waals surface area contributed by atoms with Crippen molar-refractivity contribution < 1.29 is 4.18 Å². The van der Waals surface area contributed by atoms with Gasteiger partial charge in [0.25, 0.3) is 0 Å². The monoisotopic (exact) mass is 117 g/mol. The zero-order valence-electron chi connectivity index (χ0n) is 4.44. The van der Waals surface area contributed by atoms with Crippen LogP contribution in [0.15, 0.2) is 0 Å². The molecule has 0 unspecified atom stereocenters. The predicted octanol–water partition coefficient (Wildman–Crippen LogP) is 2.00. The lowest BCUT2D eigenvalue weighted by molar-refractivity contribution is 0.347. The third-order valence-corrected chi connectivity index (χ3v) is 1.73. The summed E-state index contributed by atoms with van der Waals surface area (Å²) < 4.78 is 5.06. The van der Waals surface area contributed by atoms with Gasteiger partial charge in [-0.2, -0.15) is 0 Å². The molecular formula is C5H9OS. The minimum atomic E-state index is 0.933. The first kappa shape index (κ1) is 5.45. The van der Waals surface area contributed by atoms with Crippen LogP contribution in [0, 0.1) is 5.25 Å². The number of hydrogen-bond donors (Lipinski definition) is 0. The zero-order valence-corrected chi connectivity index (χ0v) is 5.25. The van der Waals surface area contributed by atoms with Crippen molar-refractivity contribution in [3.8, 4) is 0 Å². The lowest BCUT2D eigenvalue weighted by Gasteiger charge is -2.14. The maximum atomic E-state index is 5.06. The predicted molar refractivity (Wildman–Crippen MR) is 31.7 cm³/mol. The topological polar surface area (TPSA) is 9.23 Å². The maximum absolute atomic E-state index is 5.06. The van der Waals surface area contributed by atoms with E-state index in [9.17, 15) is 0 Å². The van der Waals surface area contributed by atoms with Crippen molar-refractivity contribution in [2.45, 2.75) is 19.8 Å². The van der Waals surface area contributed by atoms with E-state index < -0.39 is 0 Å². The summed E-state index contributed by atoms with van der Waals surface area (Å²) in [7, 11) is 0. The maximum Gasteiger partial charge on any atom is 0.0614 e. The van der Waals surface area contributed by atoms with Crippen LogP contribution in [0.3, 0.4) is 0 Å². The molecule has 1 fully saturated rings. The first-order chi connectivity index (χ1) is 3.39. The molecule has 0 aromatic carbocycles. The van der Waals surface area contributed by atoms with E-state index >= 15 is 0 Å². The molecule has 1 nitrogen and oxygen atoms in total. The summed E-state index contributed by atoms with van der Waals surface area (Å²) >= 11 is 1.53. The standard InChI is InChI=1S/C5H9OS/c1-5-3-2-4-6-7-5/h2-4H2,1H3. The first-order valence-corrected chi connectivity index (χ1v) is 3.25. The van der Waals surface area contributed by atoms with E-state index in [4.69, 9.17) is 4.18 Å². The Morgan fingerprint density at radius 3 is 2.86 bits per heavy atom. The Balaban J connectivity index is 2.12. The van der Waals surface area contributed by atoms with Gasteiger partial charge in [0, 0.05) is 0 Å². The molecular weight excluding hydrogens is 108 g/mol. The molecule has 0 aliphatic carbocycles. The molecule has 1 saturated heterocycles. The normalized spacial score (nSPS) is 25.3. The van der Waals surface area contributed by atoms with Crippen LogP contribution in [-0.4, -0.2) is 6.61 Å². The van der Waals surface area contributed by atoms with Gasteiger partial charge in [0.1, 0.15) is 0 Å². The fourth-order valence-corrected chi connectivity index (χ4v) is 1.19. The van der Waals surface area contributed by atoms with Crippen LogP contribution in [0.25, 0.3) is 0 Å². The molecule has 0 saturated carbocycles. The third kappa shape index (κ3) is 1.70. The van der Waals surface area contributed by atoms with Crippen molar-refractivity contribution in [3.05, 3.63) is 5.25 Å². The molecule has 1 aliphatic heterocycles. The molecule has 7 heavy (non-hydrogen) atoms. The Kier molecular flexibility index (Phi) is 2.00. The van der Waals surface area contributed by atoms with Gasteiger partial charge in [-0.05, 0) is 31.8 Å². The van der Waals surface area contributed by atoms with E-state index in [1.165, 1.54) is 30.1 Å². The Morgan fingerprint density at radius 1 is 1.71 bits per heavy atom. The molecule has 1 aliphatic rings. The highest BCUT2D eigenvalue weighted by atomic mass is 32.2. The van der Waals surface area contributed by atoms with E-state index in [1.54, 1.807) is 0 Å². The van der Waals surface area contributed by atoms with Crippen LogP contribution >= 0.6 is 12.0 Å². The van der Waals surface area contributed by atoms with Gasteiger partial charge < -0.3 is 4.18 Å². The van der Waals surface area contributed by atoms with Crippen LogP contribution in [0.1, 0.15) is 19.8 Å². The van der Waals surface area contributed by atoms with Crippen molar-refractivity contribution in [1.29, 1.82) is 0 Å². The molecule has 0 bridgehead atoms. The van der Waals surface area contributed by atoms with Gasteiger partial charge in [-0.15, -0.1) is 0 Å². The Hall–Kier alpha value is 0.310. The molecule has 0 aromatic heterocycles. The van der Waals surface area contributed by atoms with Crippen molar-refractivity contribution in [3.63, 3.8) is 0 Å². The van der Waals surface area contributed by atoms with Gasteiger partial charge in [0.15, 0.2) is 0 Å². The molecule has 2 heteroatoms. The van der Waals surface area contributed by atoms with Gasteiger partial charge in [-0.3, -0.25) is 0 Å². The van der Waals surface area contributed by atoms with Crippen LogP contribution in [-0.2, 0) is 4.18 Å². The largest absolute Gasteiger partial charge is 0.315 e. The average molecular weight is 117 g/mol. The summed E-state index contributed by atoms with van der Waals surface area (Å²) in [4.78, 5) is 0. The van der Waals surface area contributed by atoms with E-state index in [0.717, 1.165) is 6.61 Å². The van der Waals surface area contributed by atoms with Gasteiger partial charge in [0.2, 0.25) is 0 Å². The summed E-state index contributed by atoms with van der Waals surface area (Å²) in [5, 5.41) is 1.41. The SMILES string of the molecule is C[C]1CCCOS1. The number of rotatable bonds is 0. The quantitative estimate of drug-likeness (QED) is 0.449. The van der Waals surface area contributed by atoms with E-state index in [1.807, 2.05) is 0 Å². The summed E-state index contributed by atoms with van der Waals surface area (Å²) in [6.45, 7) is 3.05. The lowest BCUT2D eigenvalue weighted by atomic mass is 10.2. The fraction of sp³-hybridized carbons (Fsp3) is 0.800. The molecule has 1 radical (unpaired) electrons. The van der Waals surface area contributed by atoms with E-state index in [2.05, 4.69) is 6.92 Å².